The van der Waals surface area contributed by atoms with Crippen molar-refractivity contribution in [2.75, 3.05) is 7.11 Å². The SMILES string of the molecule is COC(=O)Cc1nnc(-c2ccc(C)s2)o1. The number of thiophene rings is 1. The van der Waals surface area contributed by atoms with Crippen molar-refractivity contribution in [2.24, 2.45) is 0 Å². The monoisotopic (exact) mass is 238 g/mol. The molecule has 0 aliphatic rings. The molecule has 2 aromatic heterocycles. The Morgan fingerprint density at radius 2 is 2.31 bits per heavy atom. The third-order valence-corrected chi connectivity index (χ3v) is 2.93. The molecule has 6 heteroatoms. The van der Waals surface area contributed by atoms with Gasteiger partial charge in [-0.1, -0.05) is 0 Å². The second-order valence-electron chi connectivity index (χ2n) is 3.16. The normalized spacial score (nSPS) is 10.4. The molecule has 16 heavy (non-hydrogen) atoms. The number of carbonyl (C=O) groups is 1. The van der Waals surface area contributed by atoms with Crippen molar-refractivity contribution in [3.63, 3.8) is 0 Å². The second-order valence-corrected chi connectivity index (χ2v) is 4.45. The Balaban J connectivity index is 2.16. The zero-order valence-electron chi connectivity index (χ0n) is 8.89. The zero-order chi connectivity index (χ0) is 11.5. The fraction of sp³-hybridized carbons (Fsp3) is 0.300. The second kappa shape index (κ2) is 4.44. The topological polar surface area (TPSA) is 65.2 Å². The quantitative estimate of drug-likeness (QED) is 0.763. The van der Waals surface area contributed by atoms with Crippen LogP contribution in [0, 0.1) is 6.92 Å². The van der Waals surface area contributed by atoms with E-state index in [1.807, 2.05) is 19.1 Å². The van der Waals surface area contributed by atoms with E-state index in [0.29, 0.717) is 5.89 Å². The number of methoxy groups -OCH3 is 1. The highest BCUT2D eigenvalue weighted by Gasteiger charge is 2.13. The molecule has 2 rings (SSSR count). The van der Waals surface area contributed by atoms with Crippen LogP contribution >= 0.6 is 11.3 Å². The molecule has 0 fully saturated rings. The third kappa shape index (κ3) is 2.27. The van der Waals surface area contributed by atoms with Crippen molar-refractivity contribution in [3.8, 4) is 10.8 Å². The molecule has 0 atom stereocenters. The van der Waals surface area contributed by atoms with Gasteiger partial charge in [0.15, 0.2) is 0 Å². The van der Waals surface area contributed by atoms with Crippen LogP contribution in [-0.2, 0) is 16.0 Å². The molecule has 0 saturated heterocycles. The molecule has 2 aromatic rings. The molecular formula is C10H10N2O3S. The minimum atomic E-state index is -0.391. The summed E-state index contributed by atoms with van der Waals surface area (Å²) in [6.45, 7) is 2.00. The lowest BCUT2D eigenvalue weighted by atomic mass is 10.4. The van der Waals surface area contributed by atoms with E-state index in [0.717, 1.165) is 4.88 Å². The van der Waals surface area contributed by atoms with Gasteiger partial charge in [0.05, 0.1) is 12.0 Å². The van der Waals surface area contributed by atoms with Crippen molar-refractivity contribution < 1.29 is 13.9 Å². The molecule has 84 valence electrons. The molecule has 0 N–H and O–H groups in total. The Bertz CT molecular complexity index is 504. The summed E-state index contributed by atoms with van der Waals surface area (Å²) in [4.78, 5) is 13.1. The van der Waals surface area contributed by atoms with E-state index in [9.17, 15) is 4.79 Å². The fourth-order valence-corrected chi connectivity index (χ4v) is 1.96. The van der Waals surface area contributed by atoms with Crippen LogP contribution < -0.4 is 0 Å². The van der Waals surface area contributed by atoms with E-state index in [2.05, 4.69) is 14.9 Å². The van der Waals surface area contributed by atoms with Gasteiger partial charge in [0.1, 0.15) is 6.42 Å². The van der Waals surface area contributed by atoms with Crippen molar-refractivity contribution in [1.29, 1.82) is 0 Å². The van der Waals surface area contributed by atoms with Crippen molar-refractivity contribution >= 4 is 17.3 Å². The molecule has 0 bridgehead atoms. The third-order valence-electron chi connectivity index (χ3n) is 1.94. The largest absolute Gasteiger partial charge is 0.469 e. The number of carbonyl (C=O) groups excluding carboxylic acids is 1. The molecule has 0 aromatic carbocycles. The van der Waals surface area contributed by atoms with E-state index in [4.69, 9.17) is 4.42 Å². The van der Waals surface area contributed by atoms with E-state index in [-0.39, 0.29) is 12.3 Å². The van der Waals surface area contributed by atoms with Gasteiger partial charge in [0, 0.05) is 4.88 Å². The fourth-order valence-electron chi connectivity index (χ4n) is 1.17. The van der Waals surface area contributed by atoms with Gasteiger partial charge in [-0.15, -0.1) is 21.5 Å². The first kappa shape index (κ1) is 10.8. The zero-order valence-corrected chi connectivity index (χ0v) is 9.71. The number of ether oxygens (including phenoxy) is 1. The van der Waals surface area contributed by atoms with Crippen LogP contribution in [0.15, 0.2) is 16.5 Å². The predicted octanol–water partition coefficient (Wildman–Crippen LogP) is 1.82. The van der Waals surface area contributed by atoms with E-state index >= 15 is 0 Å². The molecule has 0 unspecified atom stereocenters. The Morgan fingerprint density at radius 3 is 2.94 bits per heavy atom. The van der Waals surface area contributed by atoms with Gasteiger partial charge in [-0.2, -0.15) is 0 Å². The van der Waals surface area contributed by atoms with Gasteiger partial charge in [-0.25, -0.2) is 0 Å². The standard InChI is InChI=1S/C10H10N2O3S/c1-6-3-4-7(16-6)10-12-11-8(15-10)5-9(13)14-2/h3-4H,5H2,1-2H3. The van der Waals surface area contributed by atoms with E-state index < -0.39 is 5.97 Å². The first-order valence-corrected chi connectivity index (χ1v) is 5.46. The van der Waals surface area contributed by atoms with Crippen molar-refractivity contribution in [1.82, 2.24) is 10.2 Å². The number of aryl methyl sites for hydroxylation is 1. The molecule has 0 aliphatic carbocycles. The number of hydrogen-bond acceptors (Lipinski definition) is 6. The lowest BCUT2D eigenvalue weighted by Crippen LogP contribution is -2.04. The summed E-state index contributed by atoms with van der Waals surface area (Å²) in [6, 6.07) is 3.89. The Labute approximate surface area is 96.1 Å². The lowest BCUT2D eigenvalue weighted by Gasteiger charge is -1.92. The number of nitrogens with zero attached hydrogens (tertiary/aromatic N) is 2. The van der Waals surface area contributed by atoms with Gasteiger partial charge < -0.3 is 9.15 Å². The molecular weight excluding hydrogens is 228 g/mol. The van der Waals surface area contributed by atoms with Gasteiger partial charge >= 0.3 is 5.97 Å². The van der Waals surface area contributed by atoms with Gasteiger partial charge in [-0.3, -0.25) is 4.79 Å². The van der Waals surface area contributed by atoms with Crippen LogP contribution in [0.5, 0.6) is 0 Å². The van der Waals surface area contributed by atoms with Crippen molar-refractivity contribution in [2.45, 2.75) is 13.3 Å². The Hall–Kier alpha value is -1.69. The molecule has 2 heterocycles. The molecule has 0 saturated carbocycles. The maximum atomic E-state index is 11.0. The summed E-state index contributed by atoms with van der Waals surface area (Å²) in [5.41, 5.74) is 0. The molecule has 0 amide bonds. The van der Waals surface area contributed by atoms with Gasteiger partial charge in [0.25, 0.3) is 5.89 Å². The summed E-state index contributed by atoms with van der Waals surface area (Å²) < 4.78 is 9.85. The Kier molecular flexibility index (Phi) is 3.00. The highest BCUT2D eigenvalue weighted by molar-refractivity contribution is 7.15. The van der Waals surface area contributed by atoms with Gasteiger partial charge in [-0.05, 0) is 19.1 Å². The van der Waals surface area contributed by atoms with Crippen LogP contribution in [0.2, 0.25) is 0 Å². The highest BCUT2D eigenvalue weighted by atomic mass is 32.1. The van der Waals surface area contributed by atoms with E-state index in [1.54, 1.807) is 11.3 Å². The van der Waals surface area contributed by atoms with Crippen molar-refractivity contribution in [3.05, 3.63) is 22.9 Å². The predicted molar refractivity (Wildman–Crippen MR) is 58.1 cm³/mol. The summed E-state index contributed by atoms with van der Waals surface area (Å²) in [5.74, 6) is 0.322. The first-order valence-electron chi connectivity index (χ1n) is 4.65. The smallest absolute Gasteiger partial charge is 0.315 e. The van der Waals surface area contributed by atoms with Crippen LogP contribution in [0.3, 0.4) is 0 Å². The molecule has 0 spiro atoms. The van der Waals surface area contributed by atoms with E-state index in [1.165, 1.54) is 12.0 Å². The average molecular weight is 238 g/mol. The van der Waals surface area contributed by atoms with Gasteiger partial charge in [0.2, 0.25) is 5.89 Å². The average Bonchev–Trinajstić information content (AvgIpc) is 2.87. The number of hydrogen-bond donors (Lipinski definition) is 0. The van der Waals surface area contributed by atoms with Crippen LogP contribution in [-0.4, -0.2) is 23.3 Å². The number of esters is 1. The van der Waals surface area contributed by atoms with Crippen LogP contribution in [0.4, 0.5) is 0 Å². The van der Waals surface area contributed by atoms with Crippen LogP contribution in [0.1, 0.15) is 10.8 Å². The minimum Gasteiger partial charge on any atom is -0.469 e. The summed E-state index contributed by atoms with van der Waals surface area (Å²) in [5, 5.41) is 7.65. The maximum absolute atomic E-state index is 11.0. The lowest BCUT2D eigenvalue weighted by molar-refractivity contribution is -0.140. The summed E-state index contributed by atoms with van der Waals surface area (Å²) in [6.07, 6.45) is 0.00780. The minimum absolute atomic E-state index is 0.00780. The summed E-state index contributed by atoms with van der Waals surface area (Å²) in [7, 11) is 1.32. The summed E-state index contributed by atoms with van der Waals surface area (Å²) >= 11 is 1.57. The first-order chi connectivity index (χ1) is 7.69. The molecule has 0 aliphatic heterocycles. The molecule has 0 radical (unpaired) electrons. The number of rotatable bonds is 3. The number of aromatic nitrogens is 2. The van der Waals surface area contributed by atoms with Crippen LogP contribution in [0.25, 0.3) is 10.8 Å². The Morgan fingerprint density at radius 1 is 1.50 bits per heavy atom. The highest BCUT2D eigenvalue weighted by Crippen LogP contribution is 2.26. The molecule has 5 nitrogen and oxygen atoms in total. The maximum Gasteiger partial charge on any atom is 0.315 e.